The van der Waals surface area contributed by atoms with E-state index >= 15 is 0 Å². The highest BCUT2D eigenvalue weighted by atomic mass is 32.2. The van der Waals surface area contributed by atoms with Gasteiger partial charge in [0.1, 0.15) is 17.0 Å². The van der Waals surface area contributed by atoms with Gasteiger partial charge in [0.15, 0.2) is 5.65 Å². The fourth-order valence-electron chi connectivity index (χ4n) is 1.76. The summed E-state index contributed by atoms with van der Waals surface area (Å²) in [6.07, 6.45) is 3.05. The molecule has 1 aromatic carbocycles. The van der Waals surface area contributed by atoms with Crippen molar-refractivity contribution in [3.8, 4) is 0 Å². The van der Waals surface area contributed by atoms with E-state index in [2.05, 4.69) is 14.9 Å². The maximum Gasteiger partial charge on any atom is 0.265 e. The molecular weight excluding hydrogens is 283 g/mol. The third-order valence-electron chi connectivity index (χ3n) is 2.67. The van der Waals surface area contributed by atoms with Crippen molar-refractivity contribution in [3.05, 3.63) is 54.7 Å². The summed E-state index contributed by atoms with van der Waals surface area (Å²) >= 11 is 0. The number of pyridine rings is 1. The van der Waals surface area contributed by atoms with E-state index in [4.69, 9.17) is 0 Å². The molecule has 20 heavy (non-hydrogen) atoms. The molecule has 0 saturated carbocycles. The van der Waals surface area contributed by atoms with E-state index in [9.17, 15) is 12.8 Å². The van der Waals surface area contributed by atoms with Crippen LogP contribution in [0.25, 0.3) is 5.65 Å². The molecule has 0 aliphatic carbocycles. The van der Waals surface area contributed by atoms with Gasteiger partial charge in [0.25, 0.3) is 10.0 Å². The second-order valence-corrected chi connectivity index (χ2v) is 5.70. The molecule has 0 atom stereocenters. The Morgan fingerprint density at radius 2 is 1.90 bits per heavy atom. The van der Waals surface area contributed by atoms with Gasteiger partial charge >= 0.3 is 0 Å². The Morgan fingerprint density at radius 3 is 2.65 bits per heavy atom. The molecule has 0 radical (unpaired) electrons. The Labute approximate surface area is 113 Å². The van der Waals surface area contributed by atoms with Crippen LogP contribution in [0.3, 0.4) is 0 Å². The maximum absolute atomic E-state index is 12.8. The van der Waals surface area contributed by atoms with Gasteiger partial charge in [-0.05, 0) is 36.4 Å². The van der Waals surface area contributed by atoms with E-state index in [1.54, 1.807) is 12.3 Å². The molecule has 8 heteroatoms. The normalized spacial score (nSPS) is 11.7. The molecule has 0 aliphatic heterocycles. The summed E-state index contributed by atoms with van der Waals surface area (Å²) < 4.78 is 41.3. The fourth-order valence-corrected chi connectivity index (χ4v) is 2.96. The molecule has 2 aromatic heterocycles. The number of benzene rings is 1. The van der Waals surface area contributed by atoms with Crippen LogP contribution in [0.5, 0.6) is 0 Å². The minimum absolute atomic E-state index is 0.00169. The van der Waals surface area contributed by atoms with Crippen molar-refractivity contribution in [2.24, 2.45) is 0 Å². The first-order chi connectivity index (χ1) is 9.56. The highest BCUT2D eigenvalue weighted by Gasteiger charge is 2.19. The van der Waals surface area contributed by atoms with E-state index in [-0.39, 0.29) is 16.2 Å². The Kier molecular flexibility index (Phi) is 2.87. The van der Waals surface area contributed by atoms with Crippen LogP contribution in [0, 0.1) is 5.82 Å². The zero-order valence-corrected chi connectivity index (χ0v) is 10.9. The zero-order chi connectivity index (χ0) is 14.2. The first-order valence-corrected chi connectivity index (χ1v) is 7.11. The van der Waals surface area contributed by atoms with Crippen LogP contribution < -0.4 is 4.72 Å². The SMILES string of the molecule is O=S(=O)(Nc1ccc(F)cc1)c1cccn2cnnc12. The quantitative estimate of drug-likeness (QED) is 0.796. The molecule has 3 rings (SSSR count). The molecule has 0 spiro atoms. The van der Waals surface area contributed by atoms with Crippen molar-refractivity contribution in [2.45, 2.75) is 4.90 Å². The van der Waals surface area contributed by atoms with E-state index in [0.717, 1.165) is 0 Å². The summed E-state index contributed by atoms with van der Waals surface area (Å²) in [4.78, 5) is 0.00169. The predicted molar refractivity (Wildman–Crippen MR) is 70.2 cm³/mol. The summed E-state index contributed by atoms with van der Waals surface area (Å²) in [5, 5.41) is 7.44. The Hall–Kier alpha value is -2.48. The summed E-state index contributed by atoms with van der Waals surface area (Å²) in [5.74, 6) is -0.437. The molecule has 6 nitrogen and oxygen atoms in total. The Balaban J connectivity index is 2.03. The van der Waals surface area contributed by atoms with Crippen molar-refractivity contribution in [2.75, 3.05) is 4.72 Å². The molecule has 0 saturated heterocycles. The van der Waals surface area contributed by atoms with Crippen LogP contribution in [-0.2, 0) is 10.0 Å². The zero-order valence-electron chi connectivity index (χ0n) is 10.1. The van der Waals surface area contributed by atoms with Crippen LogP contribution in [0.2, 0.25) is 0 Å². The van der Waals surface area contributed by atoms with Crippen molar-refractivity contribution in [3.63, 3.8) is 0 Å². The lowest BCUT2D eigenvalue weighted by molar-refractivity contribution is 0.601. The standard InChI is InChI=1S/C12H9FN4O2S/c13-9-3-5-10(6-4-9)16-20(18,19)11-2-1-7-17-8-14-15-12(11)17/h1-8,16H. The van der Waals surface area contributed by atoms with E-state index in [1.807, 2.05) is 0 Å². The summed E-state index contributed by atoms with van der Waals surface area (Å²) in [5.41, 5.74) is 0.495. The number of anilines is 1. The second kappa shape index (κ2) is 4.57. The topological polar surface area (TPSA) is 76.4 Å². The highest BCUT2D eigenvalue weighted by Crippen LogP contribution is 2.19. The maximum atomic E-state index is 12.8. The fraction of sp³-hybridized carbons (Fsp3) is 0. The van der Waals surface area contributed by atoms with Crippen molar-refractivity contribution < 1.29 is 12.8 Å². The number of fused-ring (bicyclic) bond motifs is 1. The van der Waals surface area contributed by atoms with Gasteiger partial charge in [-0.15, -0.1) is 10.2 Å². The highest BCUT2D eigenvalue weighted by molar-refractivity contribution is 7.93. The van der Waals surface area contributed by atoms with Crippen molar-refractivity contribution in [1.82, 2.24) is 14.6 Å². The van der Waals surface area contributed by atoms with Gasteiger partial charge in [-0.3, -0.25) is 9.12 Å². The number of aromatic nitrogens is 3. The smallest absolute Gasteiger partial charge is 0.265 e. The van der Waals surface area contributed by atoms with Gasteiger partial charge in [0.05, 0.1) is 0 Å². The minimum atomic E-state index is -3.82. The number of halogens is 1. The van der Waals surface area contributed by atoms with Crippen molar-refractivity contribution in [1.29, 1.82) is 0 Å². The first-order valence-electron chi connectivity index (χ1n) is 5.63. The van der Waals surface area contributed by atoms with Gasteiger partial charge in [-0.2, -0.15) is 0 Å². The third kappa shape index (κ3) is 2.21. The number of rotatable bonds is 3. The Morgan fingerprint density at radius 1 is 1.15 bits per heavy atom. The lowest BCUT2D eigenvalue weighted by Gasteiger charge is -2.08. The van der Waals surface area contributed by atoms with E-state index in [0.29, 0.717) is 0 Å². The molecule has 3 aromatic rings. The van der Waals surface area contributed by atoms with Gasteiger partial charge in [0, 0.05) is 11.9 Å². The molecular formula is C12H9FN4O2S. The number of nitrogens with one attached hydrogen (secondary N) is 1. The van der Waals surface area contributed by atoms with E-state index < -0.39 is 15.8 Å². The average molecular weight is 292 g/mol. The molecule has 0 unspecified atom stereocenters. The van der Waals surface area contributed by atoms with Gasteiger partial charge in [-0.25, -0.2) is 12.8 Å². The van der Waals surface area contributed by atoms with E-state index in [1.165, 1.54) is 41.1 Å². The summed E-state index contributed by atoms with van der Waals surface area (Å²) in [6, 6.07) is 8.05. The van der Waals surface area contributed by atoms with Crippen LogP contribution in [0.1, 0.15) is 0 Å². The monoisotopic (exact) mass is 292 g/mol. The van der Waals surface area contributed by atoms with Crippen LogP contribution >= 0.6 is 0 Å². The summed E-state index contributed by atoms with van der Waals surface area (Å²) in [7, 11) is -3.82. The van der Waals surface area contributed by atoms with Crippen LogP contribution in [0.15, 0.2) is 53.8 Å². The molecule has 0 fully saturated rings. The minimum Gasteiger partial charge on any atom is -0.288 e. The Bertz CT molecular complexity index is 859. The molecule has 102 valence electrons. The van der Waals surface area contributed by atoms with Gasteiger partial charge < -0.3 is 0 Å². The molecule has 0 amide bonds. The predicted octanol–water partition coefficient (Wildman–Crippen LogP) is 1.67. The largest absolute Gasteiger partial charge is 0.288 e. The number of sulfonamides is 1. The lowest BCUT2D eigenvalue weighted by atomic mass is 10.3. The number of hydrogen-bond acceptors (Lipinski definition) is 4. The molecule has 0 aliphatic rings. The second-order valence-electron chi connectivity index (χ2n) is 4.05. The van der Waals surface area contributed by atoms with Crippen molar-refractivity contribution >= 4 is 21.4 Å². The first kappa shape index (κ1) is 12.5. The number of nitrogens with zero attached hydrogens (tertiary/aromatic N) is 3. The van der Waals surface area contributed by atoms with Gasteiger partial charge in [-0.1, -0.05) is 0 Å². The van der Waals surface area contributed by atoms with Crippen LogP contribution in [0.4, 0.5) is 10.1 Å². The number of hydrogen-bond donors (Lipinski definition) is 1. The lowest BCUT2D eigenvalue weighted by Crippen LogP contribution is -2.14. The molecule has 2 heterocycles. The average Bonchev–Trinajstić information content (AvgIpc) is 2.89. The summed E-state index contributed by atoms with van der Waals surface area (Å²) in [6.45, 7) is 0. The molecule has 1 N–H and O–H groups in total. The van der Waals surface area contributed by atoms with Gasteiger partial charge in [0.2, 0.25) is 0 Å². The van der Waals surface area contributed by atoms with Crippen LogP contribution in [-0.4, -0.2) is 23.0 Å². The molecule has 0 bridgehead atoms. The third-order valence-corrected chi connectivity index (χ3v) is 4.08.